The molecule has 0 aliphatic carbocycles. The van der Waals surface area contributed by atoms with Gasteiger partial charge in [-0.25, -0.2) is 4.98 Å². The maximum atomic E-state index is 5.76. The Labute approximate surface area is 123 Å². The summed E-state index contributed by atoms with van der Waals surface area (Å²) in [5, 5.41) is 0. The molecule has 0 unspecified atom stereocenters. The van der Waals surface area contributed by atoms with Crippen molar-refractivity contribution in [2.24, 2.45) is 0 Å². The van der Waals surface area contributed by atoms with Gasteiger partial charge in [0.25, 0.3) is 0 Å². The SMILES string of the molecule is COc1cc(-c2ccccc2-c2ccccc2)nc(N)n1. The van der Waals surface area contributed by atoms with E-state index in [9.17, 15) is 0 Å². The molecule has 0 aliphatic heterocycles. The molecule has 104 valence electrons. The third kappa shape index (κ3) is 2.69. The molecular weight excluding hydrogens is 262 g/mol. The van der Waals surface area contributed by atoms with Crippen LogP contribution in [0.4, 0.5) is 5.95 Å². The minimum absolute atomic E-state index is 0.201. The molecule has 0 saturated carbocycles. The minimum atomic E-state index is 0.201. The van der Waals surface area contributed by atoms with E-state index >= 15 is 0 Å². The number of anilines is 1. The second kappa shape index (κ2) is 5.63. The molecule has 0 fully saturated rings. The van der Waals surface area contributed by atoms with Crippen LogP contribution in [0.2, 0.25) is 0 Å². The van der Waals surface area contributed by atoms with Crippen molar-refractivity contribution < 1.29 is 4.74 Å². The fourth-order valence-corrected chi connectivity index (χ4v) is 2.26. The van der Waals surface area contributed by atoms with Crippen LogP contribution in [0.3, 0.4) is 0 Å². The van der Waals surface area contributed by atoms with Gasteiger partial charge in [-0.05, 0) is 11.1 Å². The Morgan fingerprint density at radius 1 is 0.857 bits per heavy atom. The highest BCUT2D eigenvalue weighted by molar-refractivity contribution is 5.82. The number of hydrogen-bond donors (Lipinski definition) is 1. The molecule has 0 spiro atoms. The lowest BCUT2D eigenvalue weighted by molar-refractivity contribution is 0.398. The number of methoxy groups -OCH3 is 1. The van der Waals surface area contributed by atoms with Gasteiger partial charge in [0, 0.05) is 11.6 Å². The van der Waals surface area contributed by atoms with Crippen LogP contribution in [-0.2, 0) is 0 Å². The van der Waals surface area contributed by atoms with Crippen molar-refractivity contribution >= 4 is 5.95 Å². The summed E-state index contributed by atoms with van der Waals surface area (Å²) in [5.74, 6) is 0.660. The fourth-order valence-electron chi connectivity index (χ4n) is 2.26. The number of nitrogens with zero attached hydrogens (tertiary/aromatic N) is 2. The standard InChI is InChI=1S/C17H15N3O/c1-21-16-11-15(19-17(18)20-16)14-10-6-5-9-13(14)12-7-3-2-4-8-12/h2-11H,1H3,(H2,18,19,20). The van der Waals surface area contributed by atoms with Crippen LogP contribution in [0, 0.1) is 0 Å². The molecule has 1 aromatic heterocycles. The molecule has 0 amide bonds. The summed E-state index contributed by atoms with van der Waals surface area (Å²) in [6.45, 7) is 0. The predicted molar refractivity (Wildman–Crippen MR) is 83.9 cm³/mol. The molecule has 0 bridgehead atoms. The molecule has 0 saturated heterocycles. The zero-order valence-electron chi connectivity index (χ0n) is 11.7. The van der Waals surface area contributed by atoms with Gasteiger partial charge < -0.3 is 10.5 Å². The number of nitrogen functional groups attached to an aromatic ring is 1. The molecule has 4 heteroatoms. The first-order chi connectivity index (χ1) is 10.3. The van der Waals surface area contributed by atoms with Crippen LogP contribution in [-0.4, -0.2) is 17.1 Å². The molecule has 4 nitrogen and oxygen atoms in total. The highest BCUT2D eigenvalue weighted by atomic mass is 16.5. The monoisotopic (exact) mass is 277 g/mol. The van der Waals surface area contributed by atoms with Crippen molar-refractivity contribution in [3.63, 3.8) is 0 Å². The van der Waals surface area contributed by atoms with Gasteiger partial charge in [-0.1, -0.05) is 54.6 Å². The normalized spacial score (nSPS) is 10.3. The van der Waals surface area contributed by atoms with E-state index in [0.29, 0.717) is 5.88 Å². The van der Waals surface area contributed by atoms with Crippen molar-refractivity contribution in [2.75, 3.05) is 12.8 Å². The van der Waals surface area contributed by atoms with Crippen LogP contribution in [0.15, 0.2) is 60.7 Å². The first-order valence-electron chi connectivity index (χ1n) is 6.61. The topological polar surface area (TPSA) is 61.0 Å². The Morgan fingerprint density at radius 3 is 2.24 bits per heavy atom. The lowest BCUT2D eigenvalue weighted by Gasteiger charge is -2.10. The lowest BCUT2D eigenvalue weighted by atomic mass is 9.97. The average Bonchev–Trinajstić information content (AvgIpc) is 2.55. The van der Waals surface area contributed by atoms with E-state index in [1.54, 1.807) is 13.2 Å². The van der Waals surface area contributed by atoms with Crippen LogP contribution in [0.5, 0.6) is 5.88 Å². The summed E-state index contributed by atoms with van der Waals surface area (Å²) in [6.07, 6.45) is 0. The average molecular weight is 277 g/mol. The summed E-state index contributed by atoms with van der Waals surface area (Å²) >= 11 is 0. The number of rotatable bonds is 3. The van der Waals surface area contributed by atoms with Gasteiger partial charge in [0.15, 0.2) is 0 Å². The van der Waals surface area contributed by atoms with Gasteiger partial charge in [0.2, 0.25) is 11.8 Å². The van der Waals surface area contributed by atoms with Crippen LogP contribution >= 0.6 is 0 Å². The number of hydrogen-bond acceptors (Lipinski definition) is 4. The van der Waals surface area contributed by atoms with Gasteiger partial charge >= 0.3 is 0 Å². The molecule has 2 N–H and O–H groups in total. The molecule has 1 heterocycles. The van der Waals surface area contributed by atoms with Crippen molar-refractivity contribution in [3.8, 4) is 28.3 Å². The minimum Gasteiger partial charge on any atom is -0.481 e. The fraction of sp³-hybridized carbons (Fsp3) is 0.0588. The third-order valence-electron chi connectivity index (χ3n) is 3.22. The molecule has 3 aromatic rings. The van der Waals surface area contributed by atoms with Crippen LogP contribution in [0.1, 0.15) is 0 Å². The molecule has 0 radical (unpaired) electrons. The van der Waals surface area contributed by atoms with Crippen LogP contribution < -0.4 is 10.5 Å². The quantitative estimate of drug-likeness (QED) is 0.797. The predicted octanol–water partition coefficient (Wildman–Crippen LogP) is 3.40. The summed E-state index contributed by atoms with van der Waals surface area (Å²) < 4.78 is 5.17. The van der Waals surface area contributed by atoms with E-state index in [0.717, 1.165) is 22.4 Å². The molecule has 0 atom stereocenters. The van der Waals surface area contributed by atoms with E-state index in [4.69, 9.17) is 10.5 Å². The van der Waals surface area contributed by atoms with Gasteiger partial charge in [-0.2, -0.15) is 4.98 Å². The zero-order chi connectivity index (χ0) is 14.7. The molecular formula is C17H15N3O. The summed E-state index contributed by atoms with van der Waals surface area (Å²) in [5.41, 5.74) is 9.73. The smallest absolute Gasteiger partial charge is 0.223 e. The lowest BCUT2D eigenvalue weighted by Crippen LogP contribution is -1.99. The number of benzene rings is 2. The second-order valence-electron chi connectivity index (χ2n) is 4.57. The molecule has 0 aliphatic rings. The van der Waals surface area contributed by atoms with E-state index in [2.05, 4.69) is 28.2 Å². The third-order valence-corrected chi connectivity index (χ3v) is 3.22. The van der Waals surface area contributed by atoms with E-state index < -0.39 is 0 Å². The van der Waals surface area contributed by atoms with E-state index in [1.807, 2.05) is 36.4 Å². The number of ether oxygens (including phenoxy) is 1. The highest BCUT2D eigenvalue weighted by Crippen LogP contribution is 2.32. The Balaban J connectivity index is 2.18. The number of nitrogens with two attached hydrogens (primary N) is 1. The van der Waals surface area contributed by atoms with Gasteiger partial charge in [-0.15, -0.1) is 0 Å². The van der Waals surface area contributed by atoms with Crippen molar-refractivity contribution in [1.29, 1.82) is 0 Å². The molecule has 2 aromatic carbocycles. The largest absolute Gasteiger partial charge is 0.481 e. The molecule has 3 rings (SSSR count). The van der Waals surface area contributed by atoms with Crippen molar-refractivity contribution in [1.82, 2.24) is 9.97 Å². The Morgan fingerprint density at radius 2 is 1.52 bits per heavy atom. The first kappa shape index (κ1) is 13.1. The second-order valence-corrected chi connectivity index (χ2v) is 4.57. The Hall–Kier alpha value is -2.88. The highest BCUT2D eigenvalue weighted by Gasteiger charge is 2.10. The summed E-state index contributed by atoms with van der Waals surface area (Å²) in [6, 6.07) is 20.0. The van der Waals surface area contributed by atoms with Crippen molar-refractivity contribution in [3.05, 3.63) is 60.7 Å². The summed E-state index contributed by atoms with van der Waals surface area (Å²) in [7, 11) is 1.56. The van der Waals surface area contributed by atoms with E-state index in [-0.39, 0.29) is 5.95 Å². The first-order valence-corrected chi connectivity index (χ1v) is 6.61. The van der Waals surface area contributed by atoms with Crippen molar-refractivity contribution in [2.45, 2.75) is 0 Å². The van der Waals surface area contributed by atoms with Gasteiger partial charge in [0.1, 0.15) is 0 Å². The molecule has 21 heavy (non-hydrogen) atoms. The maximum Gasteiger partial charge on any atom is 0.223 e. The van der Waals surface area contributed by atoms with Gasteiger partial charge in [0.05, 0.1) is 12.8 Å². The number of aromatic nitrogens is 2. The Bertz CT molecular complexity index is 757. The Kier molecular flexibility index (Phi) is 3.51. The van der Waals surface area contributed by atoms with Gasteiger partial charge in [-0.3, -0.25) is 0 Å². The summed E-state index contributed by atoms with van der Waals surface area (Å²) in [4.78, 5) is 8.35. The van der Waals surface area contributed by atoms with Crippen LogP contribution in [0.25, 0.3) is 22.4 Å². The maximum absolute atomic E-state index is 5.76. The zero-order valence-corrected chi connectivity index (χ0v) is 11.7. The van der Waals surface area contributed by atoms with E-state index in [1.165, 1.54) is 0 Å².